The summed E-state index contributed by atoms with van der Waals surface area (Å²) in [4.78, 5) is 24.2. The van der Waals surface area contributed by atoms with Crippen molar-refractivity contribution in [3.8, 4) is 0 Å². The summed E-state index contributed by atoms with van der Waals surface area (Å²) in [5.41, 5.74) is 0.426. The van der Waals surface area contributed by atoms with Crippen LogP contribution in [0.4, 0.5) is 0 Å². The molecule has 0 bridgehead atoms. The number of nitrogens with one attached hydrogen (secondary N) is 1. The number of rotatable bonds is 6. The van der Waals surface area contributed by atoms with Crippen LogP contribution >= 0.6 is 0 Å². The first-order valence-corrected chi connectivity index (χ1v) is 6.60. The minimum absolute atomic E-state index is 0.00865. The fourth-order valence-corrected chi connectivity index (χ4v) is 1.66. The second kappa shape index (κ2) is 7.64. The average Bonchev–Trinajstić information content (AvgIpc) is 3.05. The zero-order valence-corrected chi connectivity index (χ0v) is 11.8. The first-order valence-electron chi connectivity index (χ1n) is 6.60. The maximum atomic E-state index is 12.2. The molecule has 0 saturated heterocycles. The monoisotopic (exact) mass is 297 g/mol. The highest BCUT2D eigenvalue weighted by Gasteiger charge is 2.16. The normalized spacial score (nSPS) is 10.8. The molecular formula is C17H15NO4. The van der Waals surface area contributed by atoms with Crippen molar-refractivity contribution in [3.63, 3.8) is 0 Å². The van der Waals surface area contributed by atoms with Crippen LogP contribution < -0.4 is 5.32 Å². The molecule has 1 N–H and O–H groups in total. The topological polar surface area (TPSA) is 68.5 Å². The summed E-state index contributed by atoms with van der Waals surface area (Å²) in [7, 11) is 0. The molecule has 0 aliphatic heterocycles. The van der Waals surface area contributed by atoms with Gasteiger partial charge in [0.2, 0.25) is 0 Å². The maximum absolute atomic E-state index is 12.2. The highest BCUT2D eigenvalue weighted by atomic mass is 16.5. The fraction of sp³-hybridized carbons (Fsp3) is 0.0588. The summed E-state index contributed by atoms with van der Waals surface area (Å²) in [5.74, 6) is -0.645. The molecule has 0 spiro atoms. The number of hydrogen-bond acceptors (Lipinski definition) is 4. The van der Waals surface area contributed by atoms with E-state index in [9.17, 15) is 9.59 Å². The first-order chi connectivity index (χ1) is 10.7. The molecule has 0 aliphatic carbocycles. The summed E-state index contributed by atoms with van der Waals surface area (Å²) in [6.07, 6.45) is 4.32. The lowest BCUT2D eigenvalue weighted by atomic mass is 10.2. The predicted molar refractivity (Wildman–Crippen MR) is 81.7 cm³/mol. The van der Waals surface area contributed by atoms with E-state index in [-0.39, 0.29) is 12.3 Å². The van der Waals surface area contributed by atoms with Crippen molar-refractivity contribution in [2.24, 2.45) is 0 Å². The van der Waals surface area contributed by atoms with Crippen molar-refractivity contribution in [2.45, 2.75) is 0 Å². The Morgan fingerprint density at radius 1 is 1.18 bits per heavy atom. The first kappa shape index (κ1) is 15.3. The van der Waals surface area contributed by atoms with Crippen LogP contribution in [0.1, 0.15) is 16.1 Å². The number of furan rings is 1. The molecule has 1 aromatic carbocycles. The lowest BCUT2D eigenvalue weighted by molar-refractivity contribution is -0.138. The van der Waals surface area contributed by atoms with E-state index in [0.29, 0.717) is 11.3 Å². The van der Waals surface area contributed by atoms with E-state index < -0.39 is 11.9 Å². The molecule has 5 nitrogen and oxygen atoms in total. The molecule has 1 amide bonds. The molecule has 0 saturated carbocycles. The highest BCUT2D eigenvalue weighted by molar-refractivity contribution is 6.03. The third kappa shape index (κ3) is 4.21. The summed E-state index contributed by atoms with van der Waals surface area (Å²) < 4.78 is 10.1. The number of amides is 1. The average molecular weight is 297 g/mol. The summed E-state index contributed by atoms with van der Waals surface area (Å²) in [6, 6.07) is 11.9. The van der Waals surface area contributed by atoms with Crippen molar-refractivity contribution in [1.29, 1.82) is 0 Å². The Morgan fingerprint density at radius 3 is 2.59 bits per heavy atom. The van der Waals surface area contributed by atoms with Gasteiger partial charge in [-0.25, -0.2) is 4.79 Å². The van der Waals surface area contributed by atoms with Crippen molar-refractivity contribution in [1.82, 2.24) is 5.32 Å². The standard InChI is InChI=1S/C17H15NO4/c1-2-10-22-17(20)15(12-14-9-6-11-21-14)18-16(19)13-7-4-3-5-8-13/h2-9,11-12H,1,10H2,(H,18,19)/b15-12+. The summed E-state index contributed by atoms with van der Waals surface area (Å²) >= 11 is 0. The Balaban J connectivity index is 2.19. The van der Waals surface area contributed by atoms with Gasteiger partial charge in [-0.2, -0.15) is 0 Å². The van der Waals surface area contributed by atoms with Crippen LogP contribution in [0.25, 0.3) is 6.08 Å². The van der Waals surface area contributed by atoms with Crippen molar-refractivity contribution < 1.29 is 18.7 Å². The van der Waals surface area contributed by atoms with E-state index in [1.165, 1.54) is 18.4 Å². The van der Waals surface area contributed by atoms with Crippen molar-refractivity contribution >= 4 is 18.0 Å². The third-order valence-electron chi connectivity index (χ3n) is 2.67. The van der Waals surface area contributed by atoms with Gasteiger partial charge in [-0.1, -0.05) is 30.9 Å². The van der Waals surface area contributed by atoms with Crippen LogP contribution in [-0.4, -0.2) is 18.5 Å². The summed E-state index contributed by atoms with van der Waals surface area (Å²) in [6.45, 7) is 3.52. The van der Waals surface area contributed by atoms with Crippen molar-refractivity contribution in [3.05, 3.63) is 78.4 Å². The van der Waals surface area contributed by atoms with Crippen LogP contribution in [0, 0.1) is 0 Å². The Bertz CT molecular complexity index is 672. The van der Waals surface area contributed by atoms with E-state index in [2.05, 4.69) is 11.9 Å². The minimum Gasteiger partial charge on any atom is -0.465 e. The van der Waals surface area contributed by atoms with Gasteiger partial charge in [-0.05, 0) is 24.3 Å². The predicted octanol–water partition coefficient (Wildman–Crippen LogP) is 2.78. The molecule has 0 aliphatic rings. The smallest absolute Gasteiger partial charge is 0.355 e. The van der Waals surface area contributed by atoms with Crippen LogP contribution in [0.3, 0.4) is 0 Å². The van der Waals surface area contributed by atoms with E-state index >= 15 is 0 Å². The zero-order valence-electron chi connectivity index (χ0n) is 11.8. The number of carbonyl (C=O) groups excluding carboxylic acids is 2. The second-order valence-electron chi connectivity index (χ2n) is 4.28. The number of esters is 1. The molecule has 0 unspecified atom stereocenters. The molecule has 1 aromatic heterocycles. The Labute approximate surface area is 127 Å². The SMILES string of the molecule is C=CCOC(=O)/C(=C\c1ccco1)NC(=O)c1ccccc1. The van der Waals surface area contributed by atoms with E-state index in [4.69, 9.17) is 9.15 Å². The second-order valence-corrected chi connectivity index (χ2v) is 4.28. The lowest BCUT2D eigenvalue weighted by Gasteiger charge is -2.09. The van der Waals surface area contributed by atoms with Crippen LogP contribution in [0.5, 0.6) is 0 Å². The van der Waals surface area contributed by atoms with Gasteiger partial charge in [-0.15, -0.1) is 0 Å². The van der Waals surface area contributed by atoms with E-state index in [1.807, 2.05) is 0 Å². The number of hydrogen-bond donors (Lipinski definition) is 1. The molecule has 0 radical (unpaired) electrons. The Kier molecular flexibility index (Phi) is 5.31. The molecule has 1 heterocycles. The summed E-state index contributed by atoms with van der Waals surface area (Å²) in [5, 5.41) is 2.53. The minimum atomic E-state index is -0.666. The van der Waals surface area contributed by atoms with Crippen LogP contribution in [-0.2, 0) is 9.53 Å². The molecule has 2 aromatic rings. The highest BCUT2D eigenvalue weighted by Crippen LogP contribution is 2.09. The quantitative estimate of drug-likeness (QED) is 0.506. The van der Waals surface area contributed by atoms with Gasteiger partial charge >= 0.3 is 5.97 Å². The molecule has 22 heavy (non-hydrogen) atoms. The Hall–Kier alpha value is -3.08. The van der Waals surface area contributed by atoms with Gasteiger partial charge in [0.05, 0.1) is 6.26 Å². The van der Waals surface area contributed by atoms with Crippen molar-refractivity contribution in [2.75, 3.05) is 6.61 Å². The van der Waals surface area contributed by atoms with Gasteiger partial charge in [-0.3, -0.25) is 4.79 Å². The van der Waals surface area contributed by atoms with Gasteiger partial charge in [0.15, 0.2) is 0 Å². The van der Waals surface area contributed by atoms with Gasteiger partial charge in [0.1, 0.15) is 18.1 Å². The molecule has 5 heteroatoms. The zero-order chi connectivity index (χ0) is 15.8. The van der Waals surface area contributed by atoms with Gasteiger partial charge < -0.3 is 14.5 Å². The van der Waals surface area contributed by atoms with Gasteiger partial charge in [0.25, 0.3) is 5.91 Å². The Morgan fingerprint density at radius 2 is 1.95 bits per heavy atom. The molecule has 0 atom stereocenters. The molecule has 2 rings (SSSR count). The molecular weight excluding hydrogens is 282 g/mol. The number of carbonyl (C=O) groups is 2. The largest absolute Gasteiger partial charge is 0.465 e. The van der Waals surface area contributed by atoms with Crippen LogP contribution in [0.15, 0.2) is 71.5 Å². The van der Waals surface area contributed by atoms with E-state index in [1.54, 1.807) is 42.5 Å². The molecule has 112 valence electrons. The number of benzene rings is 1. The van der Waals surface area contributed by atoms with E-state index in [0.717, 1.165) is 0 Å². The number of ether oxygens (including phenoxy) is 1. The van der Waals surface area contributed by atoms with Gasteiger partial charge in [0, 0.05) is 11.6 Å². The fourth-order valence-electron chi connectivity index (χ4n) is 1.66. The van der Waals surface area contributed by atoms with Crippen LogP contribution in [0.2, 0.25) is 0 Å². The lowest BCUT2D eigenvalue weighted by Crippen LogP contribution is -2.28. The third-order valence-corrected chi connectivity index (χ3v) is 2.67. The maximum Gasteiger partial charge on any atom is 0.355 e. The molecule has 0 fully saturated rings.